The molecule has 1 aliphatic rings. The van der Waals surface area contributed by atoms with Crippen LogP contribution in [0.1, 0.15) is 51.7 Å². The van der Waals surface area contributed by atoms with E-state index in [9.17, 15) is 9.59 Å². The van der Waals surface area contributed by atoms with E-state index in [0.717, 1.165) is 22.6 Å². The molecule has 0 radical (unpaired) electrons. The van der Waals surface area contributed by atoms with Crippen LogP contribution in [-0.2, 0) is 19.8 Å². The van der Waals surface area contributed by atoms with E-state index in [2.05, 4.69) is 5.32 Å². The molecule has 0 saturated carbocycles. The summed E-state index contributed by atoms with van der Waals surface area (Å²) in [5, 5.41) is 3.05. The summed E-state index contributed by atoms with van der Waals surface area (Å²) in [5.74, 6) is 0.460. The number of nitrogens with zero attached hydrogens (tertiary/aromatic N) is 3. The minimum Gasteiger partial charge on any atom is -0.444 e. The van der Waals surface area contributed by atoms with Gasteiger partial charge < -0.3 is 24.1 Å². The number of amides is 2. The predicted molar refractivity (Wildman–Crippen MR) is 113 cm³/mol. The van der Waals surface area contributed by atoms with E-state index in [1.807, 2.05) is 71.2 Å². The van der Waals surface area contributed by atoms with E-state index in [1.165, 1.54) is 4.90 Å². The molecular formula is C22H32N4O4. The highest BCUT2D eigenvalue weighted by Crippen LogP contribution is 2.25. The number of carbonyl (C=O) groups excluding carboxylic acids is 2. The first-order valence-electron chi connectivity index (χ1n) is 10.3. The van der Waals surface area contributed by atoms with Crippen molar-refractivity contribution in [3.8, 4) is 0 Å². The van der Waals surface area contributed by atoms with E-state index >= 15 is 0 Å². The van der Waals surface area contributed by atoms with Crippen LogP contribution in [0.4, 0.5) is 4.79 Å². The maximum absolute atomic E-state index is 13.0. The topological polar surface area (TPSA) is 85.2 Å². The number of hydrogen-bond acceptors (Lipinski definition) is 5. The van der Waals surface area contributed by atoms with E-state index in [-0.39, 0.29) is 19.1 Å². The van der Waals surface area contributed by atoms with Gasteiger partial charge in [-0.25, -0.2) is 9.78 Å². The summed E-state index contributed by atoms with van der Waals surface area (Å²) >= 11 is 0. The van der Waals surface area contributed by atoms with Crippen molar-refractivity contribution in [3.05, 3.63) is 35.4 Å². The minimum atomic E-state index is -0.764. The highest BCUT2D eigenvalue weighted by Gasteiger charge is 2.36. The fraction of sp³-hybridized carbons (Fsp3) is 0.591. The first-order valence-corrected chi connectivity index (χ1v) is 10.3. The smallest absolute Gasteiger partial charge is 0.410 e. The molecule has 8 heteroatoms. The summed E-state index contributed by atoms with van der Waals surface area (Å²) in [6.45, 7) is 14.1. The second kappa shape index (κ2) is 7.91. The third kappa shape index (κ3) is 4.59. The Morgan fingerprint density at radius 3 is 2.60 bits per heavy atom. The number of imidazole rings is 1. The highest BCUT2D eigenvalue weighted by atomic mass is 16.6. The molecular weight excluding hydrogens is 384 g/mol. The summed E-state index contributed by atoms with van der Waals surface area (Å²) < 4.78 is 13.1. The van der Waals surface area contributed by atoms with E-state index in [1.54, 1.807) is 0 Å². The Hall–Kier alpha value is -2.61. The molecule has 3 rings (SSSR count). The highest BCUT2D eigenvalue weighted by molar-refractivity contribution is 5.83. The molecule has 0 bridgehead atoms. The molecule has 164 valence electrons. The Labute approximate surface area is 177 Å². The first-order chi connectivity index (χ1) is 13.9. The summed E-state index contributed by atoms with van der Waals surface area (Å²) in [4.78, 5) is 31.6. The Morgan fingerprint density at radius 2 is 1.93 bits per heavy atom. The van der Waals surface area contributed by atoms with Crippen molar-refractivity contribution in [1.82, 2.24) is 19.6 Å². The fourth-order valence-corrected chi connectivity index (χ4v) is 3.70. The largest absolute Gasteiger partial charge is 0.444 e. The van der Waals surface area contributed by atoms with Crippen LogP contribution in [0.15, 0.2) is 18.3 Å². The number of pyridine rings is 1. The summed E-state index contributed by atoms with van der Waals surface area (Å²) in [7, 11) is 0. The lowest BCUT2D eigenvalue weighted by atomic mass is 10.0. The van der Waals surface area contributed by atoms with Crippen LogP contribution in [0.3, 0.4) is 0 Å². The first kappa shape index (κ1) is 22.1. The molecule has 2 aromatic rings. The maximum atomic E-state index is 13.0. The van der Waals surface area contributed by atoms with Gasteiger partial charge in [-0.3, -0.25) is 4.79 Å². The van der Waals surface area contributed by atoms with Gasteiger partial charge in [-0.2, -0.15) is 0 Å². The number of carbonyl (C=O) groups is 2. The molecule has 0 aliphatic carbocycles. The predicted octanol–water partition coefficient (Wildman–Crippen LogP) is 2.94. The monoisotopic (exact) mass is 416 g/mol. The van der Waals surface area contributed by atoms with Crippen molar-refractivity contribution >= 4 is 17.5 Å². The molecule has 0 unspecified atom stereocenters. The molecule has 1 fully saturated rings. The van der Waals surface area contributed by atoms with Gasteiger partial charge in [0.2, 0.25) is 0 Å². The number of aryl methyl sites for hydroxylation is 2. The summed E-state index contributed by atoms with van der Waals surface area (Å²) in [6.07, 6.45) is 0.750. The SMILES string of the molecule is Cc1cccn2c(C(C)(C)NC(=O)[C@@H]3CN(C(=O)OC(C)(C)C)CCO3)nc(C)c12. The van der Waals surface area contributed by atoms with Crippen LogP contribution in [0, 0.1) is 13.8 Å². The van der Waals surface area contributed by atoms with Gasteiger partial charge in [-0.15, -0.1) is 0 Å². The maximum Gasteiger partial charge on any atom is 0.410 e. The standard InChI is InChI=1S/C22H32N4O4/c1-14-9-8-10-26-17(14)15(2)23-19(26)22(6,7)24-18(27)16-13-25(11-12-29-16)20(28)30-21(3,4)5/h8-10,16H,11-13H2,1-7H3,(H,24,27)/t16-/m0/s1. The molecule has 2 aromatic heterocycles. The lowest BCUT2D eigenvalue weighted by Crippen LogP contribution is -2.55. The zero-order valence-corrected chi connectivity index (χ0v) is 18.9. The van der Waals surface area contributed by atoms with Gasteiger partial charge in [0.25, 0.3) is 5.91 Å². The second-order valence-corrected chi connectivity index (χ2v) is 9.33. The van der Waals surface area contributed by atoms with Gasteiger partial charge in [0, 0.05) is 12.7 Å². The summed E-state index contributed by atoms with van der Waals surface area (Å²) in [6, 6.07) is 4.01. The van der Waals surface area contributed by atoms with Crippen LogP contribution in [0.5, 0.6) is 0 Å². The Kier molecular flexibility index (Phi) is 5.82. The van der Waals surface area contributed by atoms with Crippen molar-refractivity contribution in [1.29, 1.82) is 0 Å². The number of rotatable bonds is 3. The van der Waals surface area contributed by atoms with Crippen molar-refractivity contribution < 1.29 is 19.1 Å². The average Bonchev–Trinajstić information content (AvgIpc) is 2.99. The van der Waals surface area contributed by atoms with Gasteiger partial charge in [0.15, 0.2) is 6.10 Å². The number of fused-ring (bicyclic) bond motifs is 1. The van der Waals surface area contributed by atoms with E-state index in [4.69, 9.17) is 14.5 Å². The van der Waals surface area contributed by atoms with Gasteiger partial charge in [-0.1, -0.05) is 6.07 Å². The van der Waals surface area contributed by atoms with Crippen LogP contribution in [-0.4, -0.2) is 57.7 Å². The zero-order valence-electron chi connectivity index (χ0n) is 18.9. The molecule has 0 aromatic carbocycles. The normalized spacial score (nSPS) is 17.8. The van der Waals surface area contributed by atoms with E-state index < -0.39 is 23.3 Å². The molecule has 3 heterocycles. The Morgan fingerprint density at radius 1 is 1.23 bits per heavy atom. The third-order valence-corrected chi connectivity index (χ3v) is 5.05. The van der Waals surface area contributed by atoms with Gasteiger partial charge in [-0.05, 0) is 60.1 Å². The van der Waals surface area contributed by atoms with Gasteiger partial charge in [0.1, 0.15) is 11.4 Å². The molecule has 2 amide bonds. The molecule has 1 atom stereocenters. The van der Waals surface area contributed by atoms with Crippen LogP contribution in [0.25, 0.3) is 5.52 Å². The molecule has 8 nitrogen and oxygen atoms in total. The number of nitrogens with one attached hydrogen (secondary N) is 1. The second-order valence-electron chi connectivity index (χ2n) is 9.33. The quantitative estimate of drug-likeness (QED) is 0.832. The van der Waals surface area contributed by atoms with Crippen LogP contribution in [0.2, 0.25) is 0 Å². The Balaban J connectivity index is 1.75. The van der Waals surface area contributed by atoms with Gasteiger partial charge in [0.05, 0.1) is 29.9 Å². The fourth-order valence-electron chi connectivity index (χ4n) is 3.70. The molecule has 1 N–H and O–H groups in total. The lowest BCUT2D eigenvalue weighted by Gasteiger charge is -2.35. The van der Waals surface area contributed by atoms with Crippen molar-refractivity contribution in [2.24, 2.45) is 0 Å². The van der Waals surface area contributed by atoms with Crippen LogP contribution >= 0.6 is 0 Å². The number of aromatic nitrogens is 2. The molecule has 1 aliphatic heterocycles. The van der Waals surface area contributed by atoms with Crippen molar-refractivity contribution in [3.63, 3.8) is 0 Å². The van der Waals surface area contributed by atoms with Crippen molar-refractivity contribution in [2.75, 3.05) is 19.7 Å². The van der Waals surface area contributed by atoms with Crippen molar-refractivity contribution in [2.45, 2.75) is 65.7 Å². The third-order valence-electron chi connectivity index (χ3n) is 5.05. The zero-order chi connectivity index (χ0) is 22.3. The average molecular weight is 417 g/mol. The minimum absolute atomic E-state index is 0.150. The number of ether oxygens (including phenoxy) is 2. The molecule has 0 spiro atoms. The van der Waals surface area contributed by atoms with Crippen LogP contribution < -0.4 is 5.32 Å². The molecule has 1 saturated heterocycles. The van der Waals surface area contributed by atoms with E-state index in [0.29, 0.717) is 6.54 Å². The molecule has 30 heavy (non-hydrogen) atoms. The summed E-state index contributed by atoms with van der Waals surface area (Å²) in [5.41, 5.74) is 1.75. The lowest BCUT2D eigenvalue weighted by molar-refractivity contribution is -0.139. The number of morpholine rings is 1. The Bertz CT molecular complexity index is 958. The number of hydrogen-bond donors (Lipinski definition) is 1. The van der Waals surface area contributed by atoms with Gasteiger partial charge >= 0.3 is 6.09 Å².